The first-order valence-electron chi connectivity index (χ1n) is 6.21. The highest BCUT2D eigenvalue weighted by Crippen LogP contribution is 2.23. The van der Waals surface area contributed by atoms with E-state index in [4.69, 9.17) is 4.52 Å². The number of nitrogens with zero attached hydrogens (tertiary/aromatic N) is 1. The molecule has 1 aromatic carbocycles. The van der Waals surface area contributed by atoms with Gasteiger partial charge in [-0.3, -0.25) is 10.1 Å². The van der Waals surface area contributed by atoms with Crippen molar-refractivity contribution in [3.05, 3.63) is 47.2 Å². The molecule has 1 heterocycles. The van der Waals surface area contributed by atoms with Gasteiger partial charge < -0.3 is 4.52 Å². The molecule has 2 aromatic rings. The van der Waals surface area contributed by atoms with Gasteiger partial charge in [0, 0.05) is 17.0 Å². The van der Waals surface area contributed by atoms with Gasteiger partial charge >= 0.3 is 0 Å². The van der Waals surface area contributed by atoms with E-state index < -0.39 is 0 Å². The van der Waals surface area contributed by atoms with Crippen molar-refractivity contribution in [2.75, 3.05) is 5.32 Å². The molecule has 0 unspecified atom stereocenters. The lowest BCUT2D eigenvalue weighted by Crippen LogP contribution is -2.12. The van der Waals surface area contributed by atoms with Crippen molar-refractivity contribution in [1.29, 1.82) is 0 Å². The lowest BCUT2D eigenvalue weighted by molar-refractivity contribution is 0.102. The molecule has 1 aromatic heterocycles. The summed E-state index contributed by atoms with van der Waals surface area (Å²) in [5.74, 6) is 0.173. The molecule has 0 aliphatic heterocycles. The number of anilines is 1. The van der Waals surface area contributed by atoms with Crippen LogP contribution in [0.1, 0.15) is 42.4 Å². The van der Waals surface area contributed by atoms with Gasteiger partial charge in [0.25, 0.3) is 5.91 Å². The fourth-order valence-electron chi connectivity index (χ4n) is 1.58. The van der Waals surface area contributed by atoms with Gasteiger partial charge in [0.15, 0.2) is 0 Å². The monoisotopic (exact) mass is 258 g/mol. The van der Waals surface area contributed by atoms with Crippen LogP contribution >= 0.6 is 0 Å². The average molecular weight is 258 g/mol. The van der Waals surface area contributed by atoms with Crippen LogP contribution in [0.5, 0.6) is 0 Å². The van der Waals surface area contributed by atoms with Gasteiger partial charge in [-0.05, 0) is 19.1 Å². The summed E-state index contributed by atoms with van der Waals surface area (Å²) < 4.78 is 5.13. The number of amides is 1. The number of hydrogen-bond acceptors (Lipinski definition) is 3. The lowest BCUT2D eigenvalue weighted by atomic mass is 9.92. The van der Waals surface area contributed by atoms with Crippen LogP contribution < -0.4 is 5.32 Å². The molecule has 4 heteroatoms. The van der Waals surface area contributed by atoms with Gasteiger partial charge in [-0.1, -0.05) is 43.6 Å². The summed E-state index contributed by atoms with van der Waals surface area (Å²) in [5, 5.41) is 6.66. The maximum absolute atomic E-state index is 12.0. The Hall–Kier alpha value is -2.10. The van der Waals surface area contributed by atoms with E-state index in [9.17, 15) is 4.79 Å². The second kappa shape index (κ2) is 4.88. The van der Waals surface area contributed by atoms with Crippen molar-refractivity contribution in [1.82, 2.24) is 5.16 Å². The summed E-state index contributed by atoms with van der Waals surface area (Å²) in [6.07, 6.45) is 0. The predicted molar refractivity (Wildman–Crippen MR) is 74.3 cm³/mol. The Labute approximate surface area is 112 Å². The van der Waals surface area contributed by atoms with Crippen molar-refractivity contribution in [2.24, 2.45) is 0 Å². The van der Waals surface area contributed by atoms with Crippen molar-refractivity contribution >= 4 is 11.8 Å². The van der Waals surface area contributed by atoms with E-state index in [-0.39, 0.29) is 11.3 Å². The van der Waals surface area contributed by atoms with Gasteiger partial charge in [0.05, 0.1) is 5.69 Å². The molecule has 1 N–H and O–H groups in total. The lowest BCUT2D eigenvalue weighted by Gasteiger charge is -2.12. The third-order valence-electron chi connectivity index (χ3n) is 2.83. The molecule has 0 bridgehead atoms. The standard InChI is InChI=1S/C15H18N2O2/c1-10-5-7-11(8-6-10)14(18)16-13-9-12(17-19-13)15(2,3)4/h5-9H,1-4H3,(H,16,18). The first kappa shape index (κ1) is 13.3. The minimum absolute atomic E-state index is 0.101. The van der Waals surface area contributed by atoms with Crippen LogP contribution in [0, 0.1) is 6.92 Å². The number of rotatable bonds is 2. The van der Waals surface area contributed by atoms with Crippen LogP contribution in [0.2, 0.25) is 0 Å². The topological polar surface area (TPSA) is 55.1 Å². The summed E-state index contributed by atoms with van der Waals surface area (Å²) in [6, 6.07) is 9.12. The highest BCUT2D eigenvalue weighted by atomic mass is 16.5. The first-order chi connectivity index (χ1) is 8.86. The zero-order chi connectivity index (χ0) is 14.0. The molecule has 0 aliphatic rings. The van der Waals surface area contributed by atoms with Crippen LogP contribution in [-0.2, 0) is 5.41 Å². The largest absolute Gasteiger partial charge is 0.338 e. The van der Waals surface area contributed by atoms with Crippen LogP contribution in [0.15, 0.2) is 34.9 Å². The van der Waals surface area contributed by atoms with Crippen molar-refractivity contribution in [3.8, 4) is 0 Å². The maximum atomic E-state index is 12.0. The molecule has 0 saturated heterocycles. The maximum Gasteiger partial charge on any atom is 0.258 e. The van der Waals surface area contributed by atoms with E-state index in [1.807, 2.05) is 39.8 Å². The van der Waals surface area contributed by atoms with E-state index in [1.165, 1.54) is 0 Å². The quantitative estimate of drug-likeness (QED) is 0.896. The molecular weight excluding hydrogens is 240 g/mol. The number of benzene rings is 1. The molecule has 100 valence electrons. The second-order valence-corrected chi connectivity index (χ2v) is 5.65. The number of carbonyl (C=O) groups is 1. The van der Waals surface area contributed by atoms with E-state index >= 15 is 0 Å². The average Bonchev–Trinajstić information content (AvgIpc) is 2.78. The normalized spacial score (nSPS) is 11.4. The predicted octanol–water partition coefficient (Wildman–Crippen LogP) is 3.53. The summed E-state index contributed by atoms with van der Waals surface area (Å²) in [4.78, 5) is 12.0. The van der Waals surface area contributed by atoms with E-state index in [0.29, 0.717) is 11.4 Å². The smallest absolute Gasteiger partial charge is 0.258 e. The summed E-state index contributed by atoms with van der Waals surface area (Å²) in [6.45, 7) is 8.09. The van der Waals surface area contributed by atoms with Gasteiger partial charge in [-0.15, -0.1) is 0 Å². The third-order valence-corrected chi connectivity index (χ3v) is 2.83. The molecule has 19 heavy (non-hydrogen) atoms. The number of aromatic nitrogens is 1. The van der Waals surface area contributed by atoms with Crippen LogP contribution in [0.3, 0.4) is 0 Å². The molecule has 0 saturated carbocycles. The molecule has 0 spiro atoms. The highest BCUT2D eigenvalue weighted by Gasteiger charge is 2.19. The Morgan fingerprint density at radius 3 is 2.37 bits per heavy atom. The minimum Gasteiger partial charge on any atom is -0.338 e. The molecular formula is C15H18N2O2. The molecule has 0 atom stereocenters. The number of carbonyl (C=O) groups excluding carboxylic acids is 1. The summed E-state index contributed by atoms with van der Waals surface area (Å²) in [7, 11) is 0. The van der Waals surface area contributed by atoms with Crippen molar-refractivity contribution in [3.63, 3.8) is 0 Å². The molecule has 0 aliphatic carbocycles. The number of aryl methyl sites for hydroxylation is 1. The number of hydrogen-bond donors (Lipinski definition) is 1. The zero-order valence-corrected chi connectivity index (χ0v) is 11.7. The Bertz CT molecular complexity index is 577. The van der Waals surface area contributed by atoms with Gasteiger partial charge in [0.2, 0.25) is 5.88 Å². The van der Waals surface area contributed by atoms with E-state index in [2.05, 4.69) is 10.5 Å². The SMILES string of the molecule is Cc1ccc(C(=O)Nc2cc(C(C)(C)C)no2)cc1. The minimum atomic E-state index is -0.198. The third kappa shape index (κ3) is 3.22. The van der Waals surface area contributed by atoms with Crippen LogP contribution in [0.4, 0.5) is 5.88 Å². The Balaban J connectivity index is 2.11. The first-order valence-corrected chi connectivity index (χ1v) is 6.21. The molecule has 0 fully saturated rings. The Kier molecular flexibility index (Phi) is 3.42. The molecule has 2 rings (SSSR count). The van der Waals surface area contributed by atoms with Crippen molar-refractivity contribution < 1.29 is 9.32 Å². The van der Waals surface area contributed by atoms with Gasteiger partial charge in [-0.2, -0.15) is 0 Å². The zero-order valence-electron chi connectivity index (χ0n) is 11.7. The fourth-order valence-corrected chi connectivity index (χ4v) is 1.58. The molecule has 1 amide bonds. The summed E-state index contributed by atoms with van der Waals surface area (Å²) in [5.41, 5.74) is 2.42. The van der Waals surface area contributed by atoms with Gasteiger partial charge in [-0.25, -0.2) is 0 Å². The molecule has 0 radical (unpaired) electrons. The Morgan fingerprint density at radius 1 is 1.21 bits per heavy atom. The van der Waals surface area contributed by atoms with E-state index in [0.717, 1.165) is 11.3 Å². The Morgan fingerprint density at radius 2 is 1.84 bits per heavy atom. The molecule has 4 nitrogen and oxygen atoms in total. The fraction of sp³-hybridized carbons (Fsp3) is 0.333. The van der Waals surface area contributed by atoms with Crippen LogP contribution in [-0.4, -0.2) is 11.1 Å². The summed E-state index contributed by atoms with van der Waals surface area (Å²) >= 11 is 0. The second-order valence-electron chi connectivity index (χ2n) is 5.65. The highest BCUT2D eigenvalue weighted by molar-refractivity contribution is 6.03. The van der Waals surface area contributed by atoms with Gasteiger partial charge in [0.1, 0.15) is 0 Å². The van der Waals surface area contributed by atoms with Crippen molar-refractivity contribution in [2.45, 2.75) is 33.1 Å². The number of nitrogens with one attached hydrogen (secondary N) is 1. The van der Waals surface area contributed by atoms with Crippen LogP contribution in [0.25, 0.3) is 0 Å². The van der Waals surface area contributed by atoms with E-state index in [1.54, 1.807) is 18.2 Å².